The van der Waals surface area contributed by atoms with Crippen LogP contribution in [0.5, 0.6) is 0 Å². The van der Waals surface area contributed by atoms with Gasteiger partial charge in [0.2, 0.25) is 11.8 Å². The van der Waals surface area contributed by atoms with E-state index in [9.17, 15) is 14.4 Å². The Balaban J connectivity index is 1.75. The topological polar surface area (TPSA) is 75.7 Å². The van der Waals surface area contributed by atoms with Crippen molar-refractivity contribution in [1.29, 1.82) is 0 Å². The Kier molecular flexibility index (Phi) is 7.15. The Bertz CT molecular complexity index is 960. The van der Waals surface area contributed by atoms with Crippen molar-refractivity contribution < 1.29 is 19.1 Å². The number of hydrogen-bond acceptors (Lipinski definition) is 5. The Morgan fingerprint density at radius 3 is 2.70 bits per heavy atom. The third-order valence-electron chi connectivity index (χ3n) is 4.80. The molecule has 6 nitrogen and oxygen atoms in total. The molecule has 2 aromatic rings. The molecular weight excluding hydrogens is 400 g/mol. The van der Waals surface area contributed by atoms with E-state index >= 15 is 0 Å². The molecule has 0 saturated carbocycles. The molecule has 158 valence electrons. The molecule has 1 N–H and O–H groups in total. The van der Waals surface area contributed by atoms with E-state index in [0.717, 1.165) is 22.4 Å². The highest BCUT2D eigenvalue weighted by atomic mass is 32.2. The second-order valence-corrected chi connectivity index (χ2v) is 8.26. The first-order valence-electron chi connectivity index (χ1n) is 9.95. The maximum absolute atomic E-state index is 12.7. The molecule has 2 amide bonds. The summed E-state index contributed by atoms with van der Waals surface area (Å²) in [5, 5.41) is 2.67. The average Bonchev–Trinajstić information content (AvgIpc) is 3.08. The molecule has 0 radical (unpaired) electrons. The van der Waals surface area contributed by atoms with Gasteiger partial charge in [0.1, 0.15) is 5.37 Å². The number of nitrogens with zero attached hydrogens (tertiary/aromatic N) is 1. The lowest BCUT2D eigenvalue weighted by molar-refractivity contribution is -0.144. The molecule has 1 heterocycles. The normalized spacial score (nSPS) is 15.9. The number of ether oxygens (including phenoxy) is 1. The summed E-state index contributed by atoms with van der Waals surface area (Å²) in [6.45, 7) is 6.08. The third kappa shape index (κ3) is 5.21. The molecule has 30 heavy (non-hydrogen) atoms. The molecule has 0 aliphatic carbocycles. The minimum absolute atomic E-state index is 0.0484. The van der Waals surface area contributed by atoms with Gasteiger partial charge in [-0.3, -0.25) is 19.3 Å². The van der Waals surface area contributed by atoms with Crippen LogP contribution < -0.4 is 10.2 Å². The van der Waals surface area contributed by atoms with Crippen molar-refractivity contribution >= 4 is 40.9 Å². The minimum atomic E-state index is -0.383. The zero-order chi connectivity index (χ0) is 21.7. The SMILES string of the molecule is CCOC(=O)CCC(=O)Nc1cccc(C2SCC(=O)N2c2ccc(C)cc2C)c1. The average molecular weight is 427 g/mol. The van der Waals surface area contributed by atoms with Crippen molar-refractivity contribution in [1.82, 2.24) is 0 Å². The van der Waals surface area contributed by atoms with Gasteiger partial charge in [-0.1, -0.05) is 29.8 Å². The Morgan fingerprint density at radius 1 is 1.17 bits per heavy atom. The first kappa shape index (κ1) is 21.9. The Hall–Kier alpha value is -2.80. The van der Waals surface area contributed by atoms with Crippen molar-refractivity contribution in [3.8, 4) is 0 Å². The number of anilines is 2. The summed E-state index contributed by atoms with van der Waals surface area (Å²) in [6.07, 6.45) is 0.112. The second kappa shape index (κ2) is 9.80. The molecule has 1 atom stereocenters. The van der Waals surface area contributed by atoms with Gasteiger partial charge < -0.3 is 10.1 Å². The van der Waals surface area contributed by atoms with Gasteiger partial charge in [-0.25, -0.2) is 0 Å². The van der Waals surface area contributed by atoms with Crippen LogP contribution in [-0.4, -0.2) is 30.1 Å². The first-order valence-corrected chi connectivity index (χ1v) is 11.0. The maximum atomic E-state index is 12.7. The third-order valence-corrected chi connectivity index (χ3v) is 6.01. The molecule has 1 aliphatic rings. The number of rotatable bonds is 7. The Labute approximate surface area is 181 Å². The second-order valence-electron chi connectivity index (χ2n) is 7.20. The molecule has 3 rings (SSSR count). The monoisotopic (exact) mass is 426 g/mol. The van der Waals surface area contributed by atoms with Crippen LogP contribution >= 0.6 is 11.8 Å². The zero-order valence-corrected chi connectivity index (χ0v) is 18.3. The number of esters is 1. The standard InChI is InChI=1S/C23H26N2O4S/c1-4-29-22(28)11-10-20(26)24-18-7-5-6-17(13-18)23-25(21(27)14-30-23)19-9-8-15(2)12-16(19)3/h5-9,12-13,23H,4,10-11,14H2,1-3H3,(H,24,26). The van der Waals surface area contributed by atoms with Crippen LogP contribution in [0.4, 0.5) is 11.4 Å². The minimum Gasteiger partial charge on any atom is -0.466 e. The molecule has 1 unspecified atom stereocenters. The fourth-order valence-electron chi connectivity index (χ4n) is 3.45. The van der Waals surface area contributed by atoms with Crippen LogP contribution in [-0.2, 0) is 19.1 Å². The lowest BCUT2D eigenvalue weighted by atomic mass is 10.1. The van der Waals surface area contributed by atoms with E-state index in [0.29, 0.717) is 18.0 Å². The van der Waals surface area contributed by atoms with Gasteiger partial charge in [0, 0.05) is 17.8 Å². The van der Waals surface area contributed by atoms with E-state index in [1.807, 2.05) is 49.1 Å². The fraction of sp³-hybridized carbons (Fsp3) is 0.348. The number of thioether (sulfide) groups is 1. The Morgan fingerprint density at radius 2 is 1.97 bits per heavy atom. The highest BCUT2D eigenvalue weighted by Gasteiger charge is 2.34. The van der Waals surface area contributed by atoms with Crippen LogP contribution in [0.15, 0.2) is 42.5 Å². The number of carbonyl (C=O) groups excluding carboxylic acids is 3. The van der Waals surface area contributed by atoms with E-state index in [1.165, 1.54) is 0 Å². The summed E-state index contributed by atoms with van der Waals surface area (Å²) in [5.41, 5.74) is 4.69. The van der Waals surface area contributed by atoms with E-state index in [2.05, 4.69) is 11.4 Å². The van der Waals surface area contributed by atoms with Crippen LogP contribution in [0.3, 0.4) is 0 Å². The van der Waals surface area contributed by atoms with Crippen molar-refractivity contribution in [2.75, 3.05) is 22.6 Å². The van der Waals surface area contributed by atoms with E-state index in [-0.39, 0.29) is 36.0 Å². The molecule has 1 saturated heterocycles. The van der Waals surface area contributed by atoms with Gasteiger partial charge in [-0.15, -0.1) is 11.8 Å². The molecular formula is C23H26N2O4S. The lowest BCUT2D eigenvalue weighted by Crippen LogP contribution is -2.28. The zero-order valence-electron chi connectivity index (χ0n) is 17.4. The number of hydrogen-bond donors (Lipinski definition) is 1. The number of carbonyl (C=O) groups is 3. The van der Waals surface area contributed by atoms with Gasteiger partial charge in [-0.2, -0.15) is 0 Å². The van der Waals surface area contributed by atoms with Crippen molar-refractivity contribution in [2.45, 2.75) is 39.0 Å². The summed E-state index contributed by atoms with van der Waals surface area (Å²) >= 11 is 1.57. The van der Waals surface area contributed by atoms with Gasteiger partial charge in [-0.05, 0) is 50.1 Å². The van der Waals surface area contributed by atoms with Crippen LogP contribution in [0.25, 0.3) is 0 Å². The molecule has 0 aromatic heterocycles. The largest absolute Gasteiger partial charge is 0.466 e. The van der Waals surface area contributed by atoms with Gasteiger partial charge in [0.25, 0.3) is 0 Å². The van der Waals surface area contributed by atoms with Crippen molar-refractivity contribution in [2.24, 2.45) is 0 Å². The van der Waals surface area contributed by atoms with Crippen LogP contribution in [0.1, 0.15) is 41.8 Å². The summed E-state index contributed by atoms with van der Waals surface area (Å²) in [5.74, 6) is -0.150. The van der Waals surface area contributed by atoms with Gasteiger partial charge in [0.15, 0.2) is 0 Å². The molecule has 0 spiro atoms. The molecule has 1 aliphatic heterocycles. The first-order chi connectivity index (χ1) is 14.4. The number of benzene rings is 2. The highest BCUT2D eigenvalue weighted by Crippen LogP contribution is 2.43. The van der Waals surface area contributed by atoms with Crippen molar-refractivity contribution in [3.05, 3.63) is 59.2 Å². The number of nitrogens with one attached hydrogen (secondary N) is 1. The van der Waals surface area contributed by atoms with Crippen LogP contribution in [0.2, 0.25) is 0 Å². The summed E-state index contributed by atoms with van der Waals surface area (Å²) < 4.78 is 4.85. The predicted octanol–water partition coefficient (Wildman–Crippen LogP) is 4.36. The quantitative estimate of drug-likeness (QED) is 0.666. The fourth-order valence-corrected chi connectivity index (χ4v) is 4.61. The number of amides is 2. The predicted molar refractivity (Wildman–Crippen MR) is 120 cm³/mol. The number of aryl methyl sites for hydroxylation is 2. The van der Waals surface area contributed by atoms with Crippen LogP contribution in [0, 0.1) is 13.8 Å². The summed E-state index contributed by atoms with van der Waals surface area (Å²) in [4.78, 5) is 38.1. The smallest absolute Gasteiger partial charge is 0.306 e. The van der Waals surface area contributed by atoms with Gasteiger partial charge in [0.05, 0.1) is 18.8 Å². The highest BCUT2D eigenvalue weighted by molar-refractivity contribution is 8.00. The van der Waals surface area contributed by atoms with E-state index < -0.39 is 0 Å². The molecule has 7 heteroatoms. The summed E-state index contributed by atoms with van der Waals surface area (Å²) in [6, 6.07) is 13.6. The molecule has 1 fully saturated rings. The molecule has 0 bridgehead atoms. The van der Waals surface area contributed by atoms with E-state index in [4.69, 9.17) is 4.74 Å². The molecule has 2 aromatic carbocycles. The maximum Gasteiger partial charge on any atom is 0.306 e. The lowest BCUT2D eigenvalue weighted by Gasteiger charge is -2.26. The van der Waals surface area contributed by atoms with Crippen molar-refractivity contribution in [3.63, 3.8) is 0 Å². The van der Waals surface area contributed by atoms with E-state index in [1.54, 1.807) is 24.8 Å². The summed E-state index contributed by atoms with van der Waals surface area (Å²) in [7, 11) is 0. The van der Waals surface area contributed by atoms with Gasteiger partial charge >= 0.3 is 5.97 Å².